The van der Waals surface area contributed by atoms with Crippen molar-refractivity contribution in [3.8, 4) is 11.1 Å². The van der Waals surface area contributed by atoms with Crippen LogP contribution in [-0.2, 0) is 4.79 Å². The summed E-state index contributed by atoms with van der Waals surface area (Å²) in [4.78, 5) is 10.5. The molecule has 0 fully saturated rings. The second kappa shape index (κ2) is 5.82. The average Bonchev–Trinajstić information content (AvgIpc) is 2.40. The predicted octanol–water partition coefficient (Wildman–Crippen LogP) is 3.84. The van der Waals surface area contributed by atoms with Crippen molar-refractivity contribution in [3.05, 3.63) is 66.2 Å². The minimum Gasteiger partial charge on any atom is -0.481 e. The summed E-state index contributed by atoms with van der Waals surface area (Å²) >= 11 is 0. The summed E-state index contributed by atoms with van der Waals surface area (Å²) in [5, 5.41) is 8.63. The molecule has 18 heavy (non-hydrogen) atoms. The summed E-state index contributed by atoms with van der Waals surface area (Å²) in [5.41, 5.74) is 3.28. The van der Waals surface area contributed by atoms with Crippen LogP contribution in [0.4, 0.5) is 0 Å². The van der Waals surface area contributed by atoms with Gasteiger partial charge >= 0.3 is 5.97 Å². The molecule has 0 amide bonds. The van der Waals surface area contributed by atoms with Crippen LogP contribution in [0.15, 0.2) is 60.7 Å². The number of carboxylic acid groups (broad SMARTS) is 1. The lowest BCUT2D eigenvalue weighted by molar-refractivity contribution is -0.135. The SMILES string of the molecule is O=C(O)CC=Cc1ccccc1-c1ccccc1. The number of carboxylic acids is 1. The van der Waals surface area contributed by atoms with Gasteiger partial charge in [-0.05, 0) is 16.7 Å². The molecule has 0 saturated carbocycles. The molecule has 0 radical (unpaired) electrons. The minimum atomic E-state index is -0.816. The van der Waals surface area contributed by atoms with E-state index in [1.54, 1.807) is 6.08 Å². The molecule has 2 heteroatoms. The number of aliphatic carboxylic acids is 1. The summed E-state index contributed by atoms with van der Waals surface area (Å²) < 4.78 is 0. The van der Waals surface area contributed by atoms with Crippen molar-refractivity contribution < 1.29 is 9.90 Å². The highest BCUT2D eigenvalue weighted by atomic mass is 16.4. The molecule has 0 unspecified atom stereocenters. The predicted molar refractivity (Wildman–Crippen MR) is 73.2 cm³/mol. The molecule has 2 rings (SSSR count). The molecule has 0 aliphatic rings. The van der Waals surface area contributed by atoms with Crippen molar-refractivity contribution in [1.82, 2.24) is 0 Å². The molecule has 2 aromatic rings. The molecule has 2 aromatic carbocycles. The average molecular weight is 238 g/mol. The first-order valence-electron chi connectivity index (χ1n) is 5.80. The van der Waals surface area contributed by atoms with Gasteiger partial charge in [0.25, 0.3) is 0 Å². The lowest BCUT2D eigenvalue weighted by Crippen LogP contribution is -1.90. The van der Waals surface area contributed by atoms with Crippen molar-refractivity contribution in [2.45, 2.75) is 6.42 Å². The molecule has 0 spiro atoms. The molecule has 0 heterocycles. The summed E-state index contributed by atoms with van der Waals surface area (Å²) in [6.45, 7) is 0. The zero-order chi connectivity index (χ0) is 12.8. The summed E-state index contributed by atoms with van der Waals surface area (Å²) in [6, 6.07) is 18.0. The van der Waals surface area contributed by atoms with Crippen molar-refractivity contribution in [2.75, 3.05) is 0 Å². The number of carbonyl (C=O) groups is 1. The van der Waals surface area contributed by atoms with E-state index in [2.05, 4.69) is 0 Å². The first kappa shape index (κ1) is 12.1. The molecule has 0 bridgehead atoms. The van der Waals surface area contributed by atoms with Crippen LogP contribution in [-0.4, -0.2) is 11.1 Å². The minimum absolute atomic E-state index is 0.0448. The van der Waals surface area contributed by atoms with E-state index >= 15 is 0 Å². The van der Waals surface area contributed by atoms with Crippen LogP contribution >= 0.6 is 0 Å². The first-order chi connectivity index (χ1) is 8.77. The van der Waals surface area contributed by atoms with Gasteiger partial charge in [-0.3, -0.25) is 4.79 Å². The quantitative estimate of drug-likeness (QED) is 0.878. The third-order valence-electron chi connectivity index (χ3n) is 2.64. The van der Waals surface area contributed by atoms with E-state index in [1.165, 1.54) is 0 Å². The van der Waals surface area contributed by atoms with Crippen LogP contribution < -0.4 is 0 Å². The third-order valence-corrected chi connectivity index (χ3v) is 2.64. The molecule has 2 nitrogen and oxygen atoms in total. The Labute approximate surface area is 106 Å². The van der Waals surface area contributed by atoms with Crippen LogP contribution in [0.2, 0.25) is 0 Å². The van der Waals surface area contributed by atoms with E-state index in [4.69, 9.17) is 5.11 Å². The second-order valence-electron chi connectivity index (χ2n) is 3.95. The fourth-order valence-electron chi connectivity index (χ4n) is 1.81. The van der Waals surface area contributed by atoms with Crippen LogP contribution in [0, 0.1) is 0 Å². The van der Waals surface area contributed by atoms with Gasteiger partial charge < -0.3 is 5.11 Å². The smallest absolute Gasteiger partial charge is 0.307 e. The van der Waals surface area contributed by atoms with Gasteiger partial charge in [0.1, 0.15) is 0 Å². The monoisotopic (exact) mass is 238 g/mol. The maximum Gasteiger partial charge on any atom is 0.307 e. The van der Waals surface area contributed by atoms with Gasteiger partial charge in [0.2, 0.25) is 0 Å². The maximum absolute atomic E-state index is 10.5. The van der Waals surface area contributed by atoms with Crippen LogP contribution in [0.25, 0.3) is 17.2 Å². The standard InChI is InChI=1S/C16H14O2/c17-16(18)12-6-10-14-9-4-5-11-15(14)13-7-2-1-3-8-13/h1-11H,12H2,(H,17,18). The normalized spacial score (nSPS) is 10.7. The van der Waals surface area contributed by atoms with Gasteiger partial charge in [-0.15, -0.1) is 0 Å². The highest BCUT2D eigenvalue weighted by Gasteiger charge is 2.01. The van der Waals surface area contributed by atoms with Gasteiger partial charge in [0, 0.05) is 0 Å². The van der Waals surface area contributed by atoms with E-state index in [0.717, 1.165) is 16.7 Å². The van der Waals surface area contributed by atoms with Crippen molar-refractivity contribution in [2.24, 2.45) is 0 Å². The Morgan fingerprint density at radius 1 is 1.00 bits per heavy atom. The van der Waals surface area contributed by atoms with Gasteiger partial charge in [-0.1, -0.05) is 66.7 Å². The fourth-order valence-corrected chi connectivity index (χ4v) is 1.81. The Balaban J connectivity index is 2.32. The molecule has 1 N–H and O–H groups in total. The highest BCUT2D eigenvalue weighted by molar-refractivity contribution is 5.76. The third kappa shape index (κ3) is 3.08. The van der Waals surface area contributed by atoms with E-state index in [1.807, 2.05) is 60.7 Å². The molecular weight excluding hydrogens is 224 g/mol. The molecule has 0 aliphatic carbocycles. The van der Waals surface area contributed by atoms with E-state index in [0.29, 0.717) is 0 Å². The lowest BCUT2D eigenvalue weighted by atomic mass is 9.99. The Bertz CT molecular complexity index is 556. The maximum atomic E-state index is 10.5. The van der Waals surface area contributed by atoms with Gasteiger partial charge in [-0.2, -0.15) is 0 Å². The molecule has 0 saturated heterocycles. The van der Waals surface area contributed by atoms with Crippen LogP contribution in [0.5, 0.6) is 0 Å². The zero-order valence-electron chi connectivity index (χ0n) is 9.91. The molecular formula is C16H14O2. The Morgan fingerprint density at radius 3 is 2.39 bits per heavy atom. The van der Waals surface area contributed by atoms with E-state index < -0.39 is 5.97 Å². The fraction of sp³-hybridized carbons (Fsp3) is 0.0625. The number of rotatable bonds is 4. The van der Waals surface area contributed by atoms with Crippen LogP contribution in [0.1, 0.15) is 12.0 Å². The Morgan fingerprint density at radius 2 is 1.67 bits per heavy atom. The number of hydrogen-bond donors (Lipinski definition) is 1. The summed E-state index contributed by atoms with van der Waals surface area (Å²) in [7, 11) is 0. The lowest BCUT2D eigenvalue weighted by Gasteiger charge is -2.05. The van der Waals surface area contributed by atoms with E-state index in [-0.39, 0.29) is 6.42 Å². The topological polar surface area (TPSA) is 37.3 Å². The molecule has 90 valence electrons. The number of hydrogen-bond acceptors (Lipinski definition) is 1. The largest absolute Gasteiger partial charge is 0.481 e. The molecule has 0 atom stereocenters. The van der Waals surface area contributed by atoms with Crippen LogP contribution in [0.3, 0.4) is 0 Å². The molecule has 0 aromatic heterocycles. The van der Waals surface area contributed by atoms with Crippen molar-refractivity contribution >= 4 is 12.0 Å². The first-order valence-corrected chi connectivity index (χ1v) is 5.80. The number of benzene rings is 2. The Hall–Kier alpha value is -2.35. The van der Waals surface area contributed by atoms with Gasteiger partial charge in [0.05, 0.1) is 6.42 Å². The van der Waals surface area contributed by atoms with Crippen molar-refractivity contribution in [3.63, 3.8) is 0 Å². The second-order valence-corrected chi connectivity index (χ2v) is 3.95. The molecule has 0 aliphatic heterocycles. The van der Waals surface area contributed by atoms with Gasteiger partial charge in [0.15, 0.2) is 0 Å². The van der Waals surface area contributed by atoms with E-state index in [9.17, 15) is 4.79 Å². The summed E-state index contributed by atoms with van der Waals surface area (Å²) in [6.07, 6.45) is 3.57. The summed E-state index contributed by atoms with van der Waals surface area (Å²) in [5.74, 6) is -0.816. The van der Waals surface area contributed by atoms with Crippen molar-refractivity contribution in [1.29, 1.82) is 0 Å². The Kier molecular flexibility index (Phi) is 3.92. The highest BCUT2D eigenvalue weighted by Crippen LogP contribution is 2.24. The zero-order valence-corrected chi connectivity index (χ0v) is 9.91. The van der Waals surface area contributed by atoms with Gasteiger partial charge in [-0.25, -0.2) is 0 Å².